The van der Waals surface area contributed by atoms with Gasteiger partial charge in [0.15, 0.2) is 0 Å². The first-order valence-electron chi connectivity index (χ1n) is 12.0. The van der Waals surface area contributed by atoms with Crippen molar-refractivity contribution in [1.29, 1.82) is 0 Å². The van der Waals surface area contributed by atoms with E-state index in [1.54, 1.807) is 24.3 Å². The summed E-state index contributed by atoms with van der Waals surface area (Å²) in [7, 11) is 0. The number of H-pyrrole nitrogens is 1. The van der Waals surface area contributed by atoms with Crippen LogP contribution in [0.4, 0.5) is 5.82 Å². The van der Waals surface area contributed by atoms with E-state index in [0.717, 1.165) is 0 Å². The molecule has 2 aromatic heterocycles. The first-order valence-corrected chi connectivity index (χ1v) is 9.21. The molecule has 0 radical (unpaired) electrons. The number of aliphatic hydroxyl groups is 1. The summed E-state index contributed by atoms with van der Waals surface area (Å²) in [4.78, 5) is 19.5. The van der Waals surface area contributed by atoms with Crippen LogP contribution >= 0.6 is 23.2 Å². The van der Waals surface area contributed by atoms with Gasteiger partial charge in [-0.25, -0.2) is 4.98 Å². The van der Waals surface area contributed by atoms with Crippen LogP contribution in [0.2, 0.25) is 10.0 Å². The van der Waals surface area contributed by atoms with Crippen molar-refractivity contribution in [2.75, 3.05) is 11.9 Å². The molecule has 4 N–H and O–H groups in total. The van der Waals surface area contributed by atoms with Gasteiger partial charge in [0, 0.05) is 42.8 Å². The molecule has 0 saturated heterocycles. The maximum absolute atomic E-state index is 12.8. The average Bonchev–Trinajstić information content (AvgIpc) is 3.27. The van der Waals surface area contributed by atoms with Crippen LogP contribution in [0.15, 0.2) is 48.8 Å². The predicted octanol–water partition coefficient (Wildman–Crippen LogP) is 4.67. The second kappa shape index (κ2) is 9.31. The Balaban J connectivity index is 1.86. The van der Waals surface area contributed by atoms with E-state index in [9.17, 15) is 9.90 Å². The van der Waals surface area contributed by atoms with Gasteiger partial charge in [0.1, 0.15) is 11.5 Å². The topological polar surface area (TPSA) is 90.0 Å². The lowest BCUT2D eigenvalue weighted by Gasteiger charge is -2.16. The minimum absolute atomic E-state index is 0.132. The van der Waals surface area contributed by atoms with E-state index in [1.165, 1.54) is 24.5 Å². The normalized spacial score (nSPS) is 16.9. The maximum Gasteiger partial charge on any atom is 0.268 e. The molecule has 0 spiro atoms. The lowest BCUT2D eigenvalue weighted by molar-refractivity contribution is 0.0912. The number of pyridine rings is 1. The molecule has 0 aliphatic heterocycles. The van der Waals surface area contributed by atoms with E-state index in [-0.39, 0.29) is 23.1 Å². The fourth-order valence-corrected chi connectivity index (χ4v) is 3.14. The smallest absolute Gasteiger partial charge is 0.268 e. The second-order valence-corrected chi connectivity index (χ2v) is 6.96. The van der Waals surface area contributed by atoms with Crippen LogP contribution in [0, 0.1) is 0 Å². The summed E-state index contributed by atoms with van der Waals surface area (Å²) >= 11 is 12.2. The molecule has 0 fully saturated rings. The Kier molecular flexibility index (Phi) is 4.38. The second-order valence-electron chi connectivity index (χ2n) is 6.12. The number of hydrogen-bond donors (Lipinski definition) is 4. The molecule has 29 heavy (non-hydrogen) atoms. The third kappa shape index (κ3) is 5.29. The van der Waals surface area contributed by atoms with Crippen LogP contribution < -0.4 is 10.6 Å². The minimum atomic E-state index is -3.20. The summed E-state index contributed by atoms with van der Waals surface area (Å²) in [5, 5.41) is 15.2. The molecule has 1 amide bonds. The lowest BCUT2D eigenvalue weighted by Crippen LogP contribution is -2.31. The largest absolute Gasteiger partial charge is 0.394 e. The van der Waals surface area contributed by atoms with Crippen molar-refractivity contribution in [3.05, 3.63) is 70.1 Å². The molecule has 0 unspecified atom stereocenters. The molecule has 3 rings (SSSR count). The maximum atomic E-state index is 12.8. The Morgan fingerprint density at radius 3 is 2.90 bits per heavy atom. The van der Waals surface area contributed by atoms with E-state index >= 15 is 0 Å². The van der Waals surface area contributed by atoms with Gasteiger partial charge in [-0.1, -0.05) is 35.3 Å². The number of amides is 1. The third-order valence-corrected chi connectivity index (χ3v) is 4.62. The Morgan fingerprint density at radius 2 is 2.17 bits per heavy atom. The Bertz CT molecular complexity index is 1230. The number of halogens is 2. The highest BCUT2D eigenvalue weighted by atomic mass is 35.5. The van der Waals surface area contributed by atoms with Crippen LogP contribution in [0.25, 0.3) is 11.1 Å². The highest BCUT2D eigenvalue weighted by Gasteiger charge is 2.18. The molecule has 8 heteroatoms. The van der Waals surface area contributed by atoms with Crippen LogP contribution in [0.1, 0.15) is 45.4 Å². The van der Waals surface area contributed by atoms with Gasteiger partial charge in [-0.15, -0.1) is 0 Å². The number of nitrogens with zero attached hydrogens (tertiary/aromatic N) is 1. The average molecular weight is 440 g/mol. The van der Waals surface area contributed by atoms with Crippen molar-refractivity contribution < 1.29 is 19.5 Å². The van der Waals surface area contributed by atoms with Crippen molar-refractivity contribution >= 4 is 34.9 Å². The van der Waals surface area contributed by atoms with Crippen LogP contribution in [-0.4, -0.2) is 33.6 Å². The van der Waals surface area contributed by atoms with Crippen LogP contribution in [0.3, 0.4) is 0 Å². The number of nitrogens with one attached hydrogen (secondary N) is 3. The van der Waals surface area contributed by atoms with Crippen LogP contribution in [-0.2, 0) is 0 Å². The summed E-state index contributed by atoms with van der Waals surface area (Å²) in [6, 6.07) is 5.71. The molecule has 0 saturated carbocycles. The number of rotatable bonds is 7. The van der Waals surface area contributed by atoms with Crippen LogP contribution in [0.5, 0.6) is 0 Å². The van der Waals surface area contributed by atoms with Crippen molar-refractivity contribution in [2.24, 2.45) is 0 Å². The van der Waals surface area contributed by atoms with Crippen molar-refractivity contribution in [1.82, 2.24) is 15.3 Å². The van der Waals surface area contributed by atoms with Gasteiger partial charge in [-0.05, 0) is 43.5 Å². The monoisotopic (exact) mass is 439 g/mol. The first kappa shape index (κ1) is 13.6. The van der Waals surface area contributed by atoms with Crippen molar-refractivity contribution in [2.45, 2.75) is 25.8 Å². The zero-order chi connectivity index (χ0) is 26.9. The van der Waals surface area contributed by atoms with E-state index in [0.29, 0.717) is 21.7 Å². The Labute approximate surface area is 189 Å². The van der Waals surface area contributed by atoms with Gasteiger partial charge in [0.2, 0.25) is 0 Å². The fourth-order valence-electron chi connectivity index (χ4n) is 2.73. The van der Waals surface area contributed by atoms with E-state index < -0.39 is 31.7 Å². The molecular weight excluding hydrogens is 411 g/mol. The Hall–Kier alpha value is -2.54. The number of aromatic amines is 1. The lowest BCUT2D eigenvalue weighted by atomic mass is 10.1. The van der Waals surface area contributed by atoms with E-state index in [4.69, 9.17) is 32.8 Å². The molecule has 0 bridgehead atoms. The molecule has 1 aromatic carbocycles. The molecular formula is C21H22Cl2N4O2. The number of anilines is 1. The number of benzene rings is 1. The number of aromatic nitrogens is 2. The standard InChI is InChI=1S/C21H22Cl2N4O2/c1-12(2)26-20-8-16(17(23)10-25-20)14-7-18(24-9-14)21(29)27-19(11-28)13-4-3-5-15(22)6-13/h3-10,12,19,24,28H,11H2,1-2H3,(H,25,26)(H,27,29)/t19-/m0/s1/i1D3,2D3,12D. The summed E-state index contributed by atoms with van der Waals surface area (Å²) in [6.45, 7) is -6.77. The number of hydrogen-bond acceptors (Lipinski definition) is 4. The van der Waals surface area contributed by atoms with Crippen molar-refractivity contribution in [3.8, 4) is 11.1 Å². The molecule has 2 heterocycles. The van der Waals surface area contributed by atoms with E-state index in [1.807, 2.05) is 0 Å². The summed E-state index contributed by atoms with van der Waals surface area (Å²) in [5.41, 5.74) is 1.46. The number of carbonyl (C=O) groups is 1. The molecule has 6 nitrogen and oxygen atoms in total. The third-order valence-electron chi connectivity index (χ3n) is 4.09. The summed E-state index contributed by atoms with van der Waals surface area (Å²) in [6.07, 6.45) is 2.64. The fraction of sp³-hybridized carbons (Fsp3) is 0.238. The van der Waals surface area contributed by atoms with Gasteiger partial charge >= 0.3 is 0 Å². The molecule has 0 aliphatic carbocycles. The Morgan fingerprint density at radius 1 is 1.34 bits per heavy atom. The highest BCUT2D eigenvalue weighted by Crippen LogP contribution is 2.30. The zero-order valence-corrected chi connectivity index (χ0v) is 16.5. The number of carbonyl (C=O) groups excluding carboxylic acids is 1. The van der Waals surface area contributed by atoms with Gasteiger partial charge in [0.05, 0.1) is 19.0 Å². The predicted molar refractivity (Wildman–Crippen MR) is 117 cm³/mol. The number of aliphatic hydroxyl groups excluding tert-OH is 1. The SMILES string of the molecule is [2H]C([2H])([2H])C([2H])(Nc1cc(-c2c[nH]c(C(=O)N[C@@H](CO)c3cccc(Cl)c3)c2)c(Cl)cn1)C([2H])([2H])[2H]. The zero-order valence-electron chi connectivity index (χ0n) is 22.0. The molecule has 1 atom stereocenters. The summed E-state index contributed by atoms with van der Waals surface area (Å²) < 4.78 is 53.4. The summed E-state index contributed by atoms with van der Waals surface area (Å²) in [5.74, 6) is -0.732. The first-order chi connectivity index (χ1) is 16.7. The molecule has 3 aromatic rings. The quantitative estimate of drug-likeness (QED) is 0.430. The van der Waals surface area contributed by atoms with Gasteiger partial charge in [-0.3, -0.25) is 4.79 Å². The van der Waals surface area contributed by atoms with Crippen molar-refractivity contribution in [3.63, 3.8) is 0 Å². The molecule has 0 aliphatic rings. The van der Waals surface area contributed by atoms with Gasteiger partial charge in [-0.2, -0.15) is 0 Å². The van der Waals surface area contributed by atoms with E-state index in [2.05, 4.69) is 20.6 Å². The minimum Gasteiger partial charge on any atom is -0.394 e. The van der Waals surface area contributed by atoms with Gasteiger partial charge < -0.3 is 20.7 Å². The highest BCUT2D eigenvalue weighted by molar-refractivity contribution is 6.33. The van der Waals surface area contributed by atoms with Gasteiger partial charge in [0.25, 0.3) is 5.91 Å². The molecule has 152 valence electrons.